The molecule has 0 unspecified atom stereocenters. The van der Waals surface area contributed by atoms with Gasteiger partial charge in [0.1, 0.15) is 34.0 Å². The summed E-state index contributed by atoms with van der Waals surface area (Å²) in [6.07, 6.45) is -0.202. The molecule has 0 spiro atoms. The number of methoxy groups -OCH3 is 1. The van der Waals surface area contributed by atoms with Gasteiger partial charge < -0.3 is 24.5 Å². The minimum absolute atomic E-state index is 0.0358. The number of fused-ring (bicyclic) bond motifs is 1. The van der Waals surface area contributed by atoms with Crippen LogP contribution in [-0.2, 0) is 9.53 Å². The number of carbonyl (C=O) groups excluding carboxylic acids is 1. The molecule has 4 aromatic rings. The van der Waals surface area contributed by atoms with Crippen LogP contribution in [0.1, 0.15) is 23.5 Å². The second-order valence-corrected chi connectivity index (χ2v) is 7.30. The van der Waals surface area contributed by atoms with Gasteiger partial charge in [-0.15, -0.1) is 0 Å². The summed E-state index contributed by atoms with van der Waals surface area (Å²) in [7, 11) is 1.24. The zero-order valence-corrected chi connectivity index (χ0v) is 17.1. The van der Waals surface area contributed by atoms with Gasteiger partial charge in [0.25, 0.3) is 0 Å². The fourth-order valence-corrected chi connectivity index (χ4v) is 3.78. The van der Waals surface area contributed by atoms with Crippen LogP contribution in [0.3, 0.4) is 0 Å². The molecule has 32 heavy (non-hydrogen) atoms. The maximum Gasteiger partial charge on any atom is 0.306 e. The second-order valence-electron chi connectivity index (χ2n) is 7.30. The van der Waals surface area contributed by atoms with Crippen LogP contribution in [0.4, 0.5) is 0 Å². The summed E-state index contributed by atoms with van der Waals surface area (Å²) in [5.41, 5.74) is 0.693. The molecule has 4 rings (SSSR count). The van der Waals surface area contributed by atoms with Crippen molar-refractivity contribution < 1.29 is 29.3 Å². The third kappa shape index (κ3) is 3.88. The van der Waals surface area contributed by atoms with Crippen molar-refractivity contribution in [3.8, 4) is 28.6 Å². The van der Waals surface area contributed by atoms with E-state index in [2.05, 4.69) is 0 Å². The van der Waals surface area contributed by atoms with Gasteiger partial charge in [0.05, 0.1) is 13.5 Å². The number of rotatable bonds is 5. The van der Waals surface area contributed by atoms with Gasteiger partial charge in [-0.05, 0) is 17.7 Å². The average molecular weight is 432 g/mol. The van der Waals surface area contributed by atoms with Crippen molar-refractivity contribution in [3.05, 3.63) is 88.1 Å². The molecule has 0 amide bonds. The van der Waals surface area contributed by atoms with Crippen molar-refractivity contribution in [3.63, 3.8) is 0 Å². The first-order valence-electron chi connectivity index (χ1n) is 9.83. The van der Waals surface area contributed by atoms with Crippen LogP contribution in [0.25, 0.3) is 22.3 Å². The first kappa shape index (κ1) is 21.0. The van der Waals surface area contributed by atoms with Crippen molar-refractivity contribution in [2.75, 3.05) is 7.11 Å². The number of ether oxygens (including phenoxy) is 1. The SMILES string of the molecule is COC(=O)C[C@@H](c1cccc(O)c1)c1c(O)cc(O)c2c(=O)cc(-c3ccccc3)oc12. The van der Waals surface area contributed by atoms with Crippen LogP contribution in [0, 0.1) is 0 Å². The number of aromatic hydroxyl groups is 3. The van der Waals surface area contributed by atoms with E-state index in [-0.39, 0.29) is 40.2 Å². The molecule has 7 nitrogen and oxygen atoms in total. The minimum Gasteiger partial charge on any atom is -0.508 e. The summed E-state index contributed by atoms with van der Waals surface area (Å²) in [5.74, 6) is -2.00. The molecule has 7 heteroatoms. The van der Waals surface area contributed by atoms with Gasteiger partial charge in [-0.3, -0.25) is 9.59 Å². The molecular weight excluding hydrogens is 412 g/mol. The highest BCUT2D eigenvalue weighted by Crippen LogP contribution is 2.43. The Kier molecular flexibility index (Phi) is 5.55. The van der Waals surface area contributed by atoms with Gasteiger partial charge in [-0.2, -0.15) is 0 Å². The summed E-state index contributed by atoms with van der Waals surface area (Å²) >= 11 is 0. The largest absolute Gasteiger partial charge is 0.508 e. The Morgan fingerprint density at radius 3 is 2.41 bits per heavy atom. The van der Waals surface area contributed by atoms with Crippen LogP contribution in [-0.4, -0.2) is 28.4 Å². The summed E-state index contributed by atoms with van der Waals surface area (Å²) in [6.45, 7) is 0. The Bertz CT molecular complexity index is 1360. The Balaban J connectivity index is 2.05. The van der Waals surface area contributed by atoms with Crippen LogP contribution in [0.5, 0.6) is 17.2 Å². The fraction of sp³-hybridized carbons (Fsp3) is 0.120. The fourth-order valence-electron chi connectivity index (χ4n) is 3.78. The van der Waals surface area contributed by atoms with Gasteiger partial charge in [-0.25, -0.2) is 0 Å². The molecule has 0 aliphatic carbocycles. The molecule has 0 aliphatic heterocycles. The van der Waals surface area contributed by atoms with Crippen LogP contribution < -0.4 is 5.43 Å². The van der Waals surface area contributed by atoms with Crippen LogP contribution >= 0.6 is 0 Å². The number of phenolic OH excluding ortho intramolecular Hbond substituents is 3. The maximum absolute atomic E-state index is 12.9. The van der Waals surface area contributed by atoms with Gasteiger partial charge >= 0.3 is 5.97 Å². The smallest absolute Gasteiger partial charge is 0.306 e. The van der Waals surface area contributed by atoms with Gasteiger partial charge in [0, 0.05) is 29.2 Å². The quantitative estimate of drug-likeness (QED) is 0.403. The Labute approximate surface area is 182 Å². The van der Waals surface area contributed by atoms with Crippen LogP contribution in [0.15, 0.2) is 75.9 Å². The van der Waals surface area contributed by atoms with Crippen molar-refractivity contribution in [2.45, 2.75) is 12.3 Å². The van der Waals surface area contributed by atoms with E-state index >= 15 is 0 Å². The molecule has 0 radical (unpaired) electrons. The van der Waals surface area contributed by atoms with E-state index in [4.69, 9.17) is 9.15 Å². The predicted octanol–water partition coefficient (Wildman–Crippen LogP) is 4.27. The molecule has 0 fully saturated rings. The molecule has 3 N–H and O–H groups in total. The lowest BCUT2D eigenvalue weighted by atomic mass is 9.86. The zero-order valence-electron chi connectivity index (χ0n) is 17.1. The third-order valence-electron chi connectivity index (χ3n) is 5.28. The van der Waals surface area contributed by atoms with Crippen molar-refractivity contribution in [1.82, 2.24) is 0 Å². The molecule has 0 bridgehead atoms. The number of phenols is 3. The number of hydrogen-bond donors (Lipinski definition) is 3. The zero-order chi connectivity index (χ0) is 22.8. The Morgan fingerprint density at radius 2 is 1.72 bits per heavy atom. The minimum atomic E-state index is -0.827. The highest BCUT2D eigenvalue weighted by molar-refractivity contribution is 5.90. The maximum atomic E-state index is 12.9. The third-order valence-corrected chi connectivity index (χ3v) is 5.28. The first-order chi connectivity index (χ1) is 15.4. The lowest BCUT2D eigenvalue weighted by Crippen LogP contribution is -2.12. The second kappa shape index (κ2) is 8.47. The molecule has 1 heterocycles. The summed E-state index contributed by atoms with van der Waals surface area (Å²) < 4.78 is 10.9. The number of carbonyl (C=O) groups is 1. The average Bonchev–Trinajstić information content (AvgIpc) is 2.78. The molecule has 1 aromatic heterocycles. The molecule has 0 aliphatic rings. The molecule has 162 valence electrons. The van der Waals surface area contributed by atoms with E-state index in [9.17, 15) is 24.9 Å². The van der Waals surface area contributed by atoms with Crippen molar-refractivity contribution in [2.24, 2.45) is 0 Å². The molecule has 0 saturated carbocycles. The molecule has 1 atom stereocenters. The number of esters is 1. The van der Waals surface area contributed by atoms with E-state index in [1.807, 2.05) is 6.07 Å². The lowest BCUT2D eigenvalue weighted by Gasteiger charge is -2.20. The lowest BCUT2D eigenvalue weighted by molar-refractivity contribution is -0.140. The normalized spacial score (nSPS) is 11.9. The van der Waals surface area contributed by atoms with E-state index in [1.54, 1.807) is 36.4 Å². The summed E-state index contributed by atoms with van der Waals surface area (Å²) in [6, 6.07) is 17.4. The topological polar surface area (TPSA) is 117 Å². The standard InChI is InChI=1S/C25H20O7/c1-31-22(30)11-17(15-8-5-9-16(26)10-15)23-18(27)12-19(28)24-20(29)13-21(32-25(23)24)14-6-3-2-4-7-14/h2-10,12-13,17,26-28H,11H2,1H3/t17-/m0/s1. The molecule has 3 aromatic carbocycles. The summed E-state index contributed by atoms with van der Waals surface area (Å²) in [5, 5.41) is 31.0. The highest BCUT2D eigenvalue weighted by Gasteiger charge is 2.28. The number of hydrogen-bond acceptors (Lipinski definition) is 7. The monoisotopic (exact) mass is 432 g/mol. The Morgan fingerprint density at radius 1 is 0.969 bits per heavy atom. The molecule has 0 saturated heterocycles. The highest BCUT2D eigenvalue weighted by atomic mass is 16.5. The van der Waals surface area contributed by atoms with Gasteiger partial charge in [0.15, 0.2) is 5.43 Å². The summed E-state index contributed by atoms with van der Waals surface area (Å²) in [4.78, 5) is 25.1. The Hall–Kier alpha value is -4.26. The van der Waals surface area contributed by atoms with E-state index in [1.165, 1.54) is 25.3 Å². The van der Waals surface area contributed by atoms with E-state index in [0.717, 1.165) is 6.07 Å². The van der Waals surface area contributed by atoms with Gasteiger partial charge in [-0.1, -0.05) is 42.5 Å². The van der Waals surface area contributed by atoms with Crippen molar-refractivity contribution >= 4 is 16.9 Å². The predicted molar refractivity (Wildman–Crippen MR) is 118 cm³/mol. The molecular formula is C25H20O7. The van der Waals surface area contributed by atoms with E-state index < -0.39 is 23.1 Å². The number of benzene rings is 3. The van der Waals surface area contributed by atoms with Crippen LogP contribution in [0.2, 0.25) is 0 Å². The first-order valence-corrected chi connectivity index (χ1v) is 9.83. The van der Waals surface area contributed by atoms with E-state index in [0.29, 0.717) is 11.1 Å². The van der Waals surface area contributed by atoms with Gasteiger partial charge in [0.2, 0.25) is 0 Å². The van der Waals surface area contributed by atoms with Crippen molar-refractivity contribution in [1.29, 1.82) is 0 Å².